The first kappa shape index (κ1) is 16.1. The SMILES string of the molecule is Cc1cccc(C)c1OCc1nc2ccccc2n1CC(C)C#N. The van der Waals surface area contributed by atoms with E-state index in [9.17, 15) is 0 Å². The van der Waals surface area contributed by atoms with Gasteiger partial charge in [-0.25, -0.2) is 4.98 Å². The van der Waals surface area contributed by atoms with Gasteiger partial charge < -0.3 is 9.30 Å². The van der Waals surface area contributed by atoms with E-state index >= 15 is 0 Å². The molecule has 0 saturated carbocycles. The van der Waals surface area contributed by atoms with Crippen LogP contribution in [0.2, 0.25) is 0 Å². The second kappa shape index (κ2) is 6.76. The first-order valence-corrected chi connectivity index (χ1v) is 8.13. The first-order chi connectivity index (χ1) is 11.6. The maximum atomic E-state index is 9.16. The molecule has 0 spiro atoms. The van der Waals surface area contributed by atoms with Gasteiger partial charge in [0.1, 0.15) is 18.2 Å². The Hall–Kier alpha value is -2.80. The van der Waals surface area contributed by atoms with Gasteiger partial charge in [-0.1, -0.05) is 30.3 Å². The summed E-state index contributed by atoms with van der Waals surface area (Å²) in [7, 11) is 0. The van der Waals surface area contributed by atoms with E-state index in [0.29, 0.717) is 13.2 Å². The van der Waals surface area contributed by atoms with E-state index in [1.807, 2.05) is 63.2 Å². The zero-order chi connectivity index (χ0) is 17.1. The molecule has 1 unspecified atom stereocenters. The minimum Gasteiger partial charge on any atom is -0.485 e. The lowest BCUT2D eigenvalue weighted by molar-refractivity contribution is 0.285. The third-order valence-electron chi connectivity index (χ3n) is 4.16. The van der Waals surface area contributed by atoms with Gasteiger partial charge in [-0.15, -0.1) is 0 Å². The molecule has 122 valence electrons. The fourth-order valence-corrected chi connectivity index (χ4v) is 2.92. The predicted molar refractivity (Wildman–Crippen MR) is 94.8 cm³/mol. The van der Waals surface area contributed by atoms with Crippen LogP contribution < -0.4 is 4.74 Å². The molecule has 0 radical (unpaired) electrons. The van der Waals surface area contributed by atoms with Crippen molar-refractivity contribution in [3.8, 4) is 11.8 Å². The van der Waals surface area contributed by atoms with Crippen molar-refractivity contribution in [3.05, 3.63) is 59.4 Å². The summed E-state index contributed by atoms with van der Waals surface area (Å²) in [6, 6.07) is 16.4. The van der Waals surface area contributed by atoms with Crippen LogP contribution in [-0.4, -0.2) is 9.55 Å². The van der Waals surface area contributed by atoms with Crippen molar-refractivity contribution in [1.29, 1.82) is 5.26 Å². The van der Waals surface area contributed by atoms with Gasteiger partial charge >= 0.3 is 0 Å². The molecule has 0 fully saturated rings. The number of fused-ring (bicyclic) bond motifs is 1. The van der Waals surface area contributed by atoms with Gasteiger partial charge in [-0.2, -0.15) is 5.26 Å². The van der Waals surface area contributed by atoms with Crippen LogP contribution in [-0.2, 0) is 13.2 Å². The van der Waals surface area contributed by atoms with Gasteiger partial charge in [-0.3, -0.25) is 0 Å². The summed E-state index contributed by atoms with van der Waals surface area (Å²) >= 11 is 0. The lowest BCUT2D eigenvalue weighted by Crippen LogP contribution is -2.12. The first-order valence-electron chi connectivity index (χ1n) is 8.13. The zero-order valence-corrected chi connectivity index (χ0v) is 14.3. The van der Waals surface area contributed by atoms with Crippen LogP contribution >= 0.6 is 0 Å². The Morgan fingerprint density at radius 3 is 2.54 bits per heavy atom. The van der Waals surface area contributed by atoms with E-state index in [0.717, 1.165) is 33.7 Å². The van der Waals surface area contributed by atoms with Gasteiger partial charge in [0, 0.05) is 6.54 Å². The van der Waals surface area contributed by atoms with Crippen LogP contribution in [0.25, 0.3) is 11.0 Å². The van der Waals surface area contributed by atoms with E-state index in [1.165, 1.54) is 0 Å². The molecule has 0 aliphatic rings. The maximum absolute atomic E-state index is 9.16. The van der Waals surface area contributed by atoms with Crippen LogP contribution in [0, 0.1) is 31.1 Å². The third-order valence-corrected chi connectivity index (χ3v) is 4.16. The molecule has 2 aromatic carbocycles. The highest BCUT2D eigenvalue weighted by Crippen LogP contribution is 2.24. The van der Waals surface area contributed by atoms with E-state index in [-0.39, 0.29) is 5.92 Å². The van der Waals surface area contributed by atoms with E-state index in [2.05, 4.69) is 10.6 Å². The quantitative estimate of drug-likeness (QED) is 0.700. The van der Waals surface area contributed by atoms with Crippen molar-refractivity contribution in [2.75, 3.05) is 0 Å². The minimum atomic E-state index is -0.0819. The Kier molecular flexibility index (Phi) is 4.52. The van der Waals surface area contributed by atoms with Crippen LogP contribution in [0.4, 0.5) is 0 Å². The van der Waals surface area contributed by atoms with Crippen molar-refractivity contribution in [2.45, 2.75) is 33.9 Å². The number of nitriles is 1. The van der Waals surface area contributed by atoms with Crippen LogP contribution in [0.3, 0.4) is 0 Å². The molecule has 24 heavy (non-hydrogen) atoms. The lowest BCUT2D eigenvalue weighted by atomic mass is 10.1. The second-order valence-electron chi connectivity index (χ2n) is 6.17. The highest BCUT2D eigenvalue weighted by Gasteiger charge is 2.14. The fourth-order valence-electron chi connectivity index (χ4n) is 2.92. The fraction of sp³-hybridized carbons (Fsp3) is 0.300. The number of hydrogen-bond donors (Lipinski definition) is 0. The molecule has 0 aliphatic heterocycles. The molecular formula is C20H21N3O. The van der Waals surface area contributed by atoms with Gasteiger partial charge in [-0.05, 0) is 44.0 Å². The van der Waals surface area contributed by atoms with Gasteiger partial charge in [0.25, 0.3) is 0 Å². The van der Waals surface area contributed by atoms with Crippen molar-refractivity contribution in [3.63, 3.8) is 0 Å². The molecule has 1 heterocycles. The van der Waals surface area contributed by atoms with E-state index in [1.54, 1.807) is 0 Å². The Morgan fingerprint density at radius 2 is 1.83 bits per heavy atom. The van der Waals surface area contributed by atoms with Gasteiger partial charge in [0.05, 0.1) is 23.0 Å². The standard InChI is InChI=1S/C20H21N3O/c1-14(11-21)12-23-18-10-5-4-9-17(18)22-19(23)13-24-20-15(2)7-6-8-16(20)3/h4-10,14H,12-13H2,1-3H3. The molecule has 3 rings (SSSR count). The maximum Gasteiger partial charge on any atom is 0.148 e. The average Bonchev–Trinajstić information content (AvgIpc) is 2.92. The molecule has 1 aromatic heterocycles. The Bertz CT molecular complexity index is 885. The number of rotatable bonds is 5. The van der Waals surface area contributed by atoms with Crippen molar-refractivity contribution in [2.24, 2.45) is 5.92 Å². The molecule has 3 aromatic rings. The van der Waals surface area contributed by atoms with Crippen molar-refractivity contribution < 1.29 is 4.74 Å². The van der Waals surface area contributed by atoms with Crippen LogP contribution in [0.15, 0.2) is 42.5 Å². The van der Waals surface area contributed by atoms with Gasteiger partial charge in [0.2, 0.25) is 0 Å². The molecule has 0 bridgehead atoms. The number of para-hydroxylation sites is 3. The Balaban J connectivity index is 1.94. The molecule has 4 nitrogen and oxygen atoms in total. The largest absolute Gasteiger partial charge is 0.485 e. The number of ether oxygens (including phenoxy) is 1. The molecule has 4 heteroatoms. The number of aromatic nitrogens is 2. The lowest BCUT2D eigenvalue weighted by Gasteiger charge is -2.14. The number of imidazole rings is 1. The number of hydrogen-bond acceptors (Lipinski definition) is 3. The highest BCUT2D eigenvalue weighted by atomic mass is 16.5. The minimum absolute atomic E-state index is 0.0819. The monoisotopic (exact) mass is 319 g/mol. The molecule has 0 aliphatic carbocycles. The van der Waals surface area contributed by atoms with Crippen LogP contribution in [0.5, 0.6) is 5.75 Å². The summed E-state index contributed by atoms with van der Waals surface area (Å²) in [4.78, 5) is 4.70. The van der Waals surface area contributed by atoms with E-state index in [4.69, 9.17) is 15.0 Å². The molecule has 1 atom stereocenters. The highest BCUT2D eigenvalue weighted by molar-refractivity contribution is 5.75. The molecule has 0 amide bonds. The zero-order valence-electron chi connectivity index (χ0n) is 14.3. The Morgan fingerprint density at radius 1 is 1.12 bits per heavy atom. The summed E-state index contributed by atoms with van der Waals surface area (Å²) in [6.45, 7) is 7.01. The van der Waals surface area contributed by atoms with Crippen molar-refractivity contribution in [1.82, 2.24) is 9.55 Å². The normalized spacial score (nSPS) is 12.1. The number of aryl methyl sites for hydroxylation is 2. The topological polar surface area (TPSA) is 50.8 Å². The van der Waals surface area contributed by atoms with E-state index < -0.39 is 0 Å². The molecule has 0 N–H and O–H groups in total. The second-order valence-corrected chi connectivity index (χ2v) is 6.17. The molecule has 0 saturated heterocycles. The summed E-state index contributed by atoms with van der Waals surface area (Å²) in [5.41, 5.74) is 4.20. The van der Waals surface area contributed by atoms with Crippen molar-refractivity contribution >= 4 is 11.0 Å². The third kappa shape index (κ3) is 3.11. The number of benzene rings is 2. The summed E-state index contributed by atoms with van der Waals surface area (Å²) in [5, 5.41) is 9.16. The smallest absolute Gasteiger partial charge is 0.148 e. The Labute approximate surface area is 142 Å². The summed E-state index contributed by atoms with van der Waals surface area (Å²) < 4.78 is 8.17. The summed E-state index contributed by atoms with van der Waals surface area (Å²) in [5.74, 6) is 1.67. The average molecular weight is 319 g/mol. The number of nitrogens with zero attached hydrogens (tertiary/aromatic N) is 3. The predicted octanol–water partition coefficient (Wildman–Crippen LogP) is 4.39. The molecular weight excluding hydrogens is 298 g/mol. The summed E-state index contributed by atoms with van der Waals surface area (Å²) in [6.07, 6.45) is 0. The van der Waals surface area contributed by atoms with Crippen LogP contribution in [0.1, 0.15) is 23.9 Å². The van der Waals surface area contributed by atoms with Gasteiger partial charge in [0.15, 0.2) is 0 Å².